The van der Waals surface area contributed by atoms with Crippen LogP contribution in [0.15, 0.2) is 12.1 Å². The van der Waals surface area contributed by atoms with Crippen molar-refractivity contribution in [2.45, 2.75) is 19.4 Å². The third-order valence-corrected chi connectivity index (χ3v) is 4.39. The number of nitro benzene ring substituents is 1. The summed E-state index contributed by atoms with van der Waals surface area (Å²) in [7, 11) is 2.09. The summed E-state index contributed by atoms with van der Waals surface area (Å²) in [6.45, 7) is 4.79. The smallest absolute Gasteiger partial charge is 0.272 e. The lowest BCUT2D eigenvalue weighted by molar-refractivity contribution is -0.384. The molecule has 0 aliphatic carbocycles. The number of nitro groups is 1. The number of non-ortho nitro benzene ring substituents is 1. The zero-order valence-electron chi connectivity index (χ0n) is 11.5. The number of halogens is 2. The first-order valence-corrected chi connectivity index (χ1v) is 7.28. The quantitative estimate of drug-likeness (QED) is 0.630. The number of likely N-dealkylation sites (N-methyl/N-ethyl adjacent to an activating group) is 1. The third kappa shape index (κ3) is 3.00. The second-order valence-electron chi connectivity index (χ2n) is 4.98. The fourth-order valence-corrected chi connectivity index (χ4v) is 3.24. The summed E-state index contributed by atoms with van der Waals surface area (Å²) in [6.07, 6.45) is 1.04. The van der Waals surface area contributed by atoms with Crippen LogP contribution in [0.25, 0.3) is 0 Å². The van der Waals surface area contributed by atoms with Gasteiger partial charge in [-0.1, -0.05) is 30.1 Å². The maximum Gasteiger partial charge on any atom is 0.272 e. The molecule has 1 unspecified atom stereocenters. The maximum atomic E-state index is 10.8. The molecule has 5 nitrogen and oxygen atoms in total. The Labute approximate surface area is 128 Å². The molecule has 2 rings (SSSR count). The van der Waals surface area contributed by atoms with Crippen LogP contribution in [0.5, 0.6) is 0 Å². The fraction of sp³-hybridized carbons (Fsp3) is 0.538. The van der Waals surface area contributed by atoms with Gasteiger partial charge in [0.25, 0.3) is 5.69 Å². The molecule has 1 heterocycles. The van der Waals surface area contributed by atoms with E-state index in [1.165, 1.54) is 12.1 Å². The van der Waals surface area contributed by atoms with Crippen molar-refractivity contribution >= 4 is 34.6 Å². The van der Waals surface area contributed by atoms with Crippen LogP contribution >= 0.6 is 23.2 Å². The van der Waals surface area contributed by atoms with Crippen LogP contribution in [0.1, 0.15) is 13.3 Å². The highest BCUT2D eigenvalue weighted by Gasteiger charge is 2.28. The molecular weight excluding hydrogens is 301 g/mol. The van der Waals surface area contributed by atoms with E-state index in [2.05, 4.69) is 23.8 Å². The zero-order chi connectivity index (χ0) is 14.9. The molecule has 20 heavy (non-hydrogen) atoms. The van der Waals surface area contributed by atoms with Crippen molar-refractivity contribution in [2.24, 2.45) is 0 Å². The second kappa shape index (κ2) is 6.16. The largest absolute Gasteiger partial charge is 0.367 e. The molecule has 0 saturated carbocycles. The van der Waals surface area contributed by atoms with Crippen LogP contribution in [-0.2, 0) is 0 Å². The predicted octanol–water partition coefficient (Wildman–Crippen LogP) is 3.43. The van der Waals surface area contributed by atoms with Crippen LogP contribution in [0.4, 0.5) is 11.4 Å². The predicted molar refractivity (Wildman–Crippen MR) is 82.0 cm³/mol. The van der Waals surface area contributed by atoms with Gasteiger partial charge in [0.2, 0.25) is 0 Å². The number of hydrogen-bond donors (Lipinski definition) is 0. The summed E-state index contributed by atoms with van der Waals surface area (Å²) in [4.78, 5) is 14.7. The Bertz CT molecular complexity index is 501. The summed E-state index contributed by atoms with van der Waals surface area (Å²) in [5, 5.41) is 11.5. The van der Waals surface area contributed by atoms with Crippen molar-refractivity contribution in [3.05, 3.63) is 32.3 Å². The average molecular weight is 318 g/mol. The standard InChI is InChI=1S/C13H17Cl2N3O2/c1-3-16(2)9-4-5-17(8-9)13-11(14)6-10(18(19)20)7-12(13)15/h6-7,9H,3-5,8H2,1-2H3. The maximum absolute atomic E-state index is 10.8. The molecule has 1 fully saturated rings. The van der Waals surface area contributed by atoms with E-state index in [-0.39, 0.29) is 5.69 Å². The van der Waals surface area contributed by atoms with Crippen LogP contribution in [0, 0.1) is 10.1 Å². The van der Waals surface area contributed by atoms with Gasteiger partial charge in [-0.05, 0) is 20.0 Å². The van der Waals surface area contributed by atoms with Crippen LogP contribution in [0.3, 0.4) is 0 Å². The lowest BCUT2D eigenvalue weighted by Crippen LogP contribution is -2.34. The number of anilines is 1. The van der Waals surface area contributed by atoms with Gasteiger partial charge in [-0.2, -0.15) is 0 Å². The minimum absolute atomic E-state index is 0.0785. The van der Waals surface area contributed by atoms with Gasteiger partial charge in [0.1, 0.15) is 0 Å². The van der Waals surface area contributed by atoms with E-state index in [0.29, 0.717) is 21.8 Å². The van der Waals surface area contributed by atoms with Crippen LogP contribution in [0.2, 0.25) is 10.0 Å². The number of nitrogens with zero attached hydrogens (tertiary/aromatic N) is 3. The molecule has 0 radical (unpaired) electrons. The van der Waals surface area contributed by atoms with Gasteiger partial charge < -0.3 is 9.80 Å². The Kier molecular flexibility index (Phi) is 4.73. The monoisotopic (exact) mass is 317 g/mol. The molecule has 1 aliphatic heterocycles. The highest BCUT2D eigenvalue weighted by atomic mass is 35.5. The summed E-state index contributed by atoms with van der Waals surface area (Å²) < 4.78 is 0. The van der Waals surface area contributed by atoms with Crippen molar-refractivity contribution < 1.29 is 4.92 Å². The first kappa shape index (κ1) is 15.4. The first-order chi connectivity index (χ1) is 9.43. The molecule has 110 valence electrons. The van der Waals surface area contributed by atoms with Crippen LogP contribution in [-0.4, -0.2) is 42.5 Å². The zero-order valence-corrected chi connectivity index (χ0v) is 13.0. The molecule has 0 N–H and O–H groups in total. The average Bonchev–Trinajstić information content (AvgIpc) is 2.86. The van der Waals surface area contributed by atoms with Crippen molar-refractivity contribution in [3.8, 4) is 0 Å². The summed E-state index contributed by atoms with van der Waals surface area (Å²) >= 11 is 12.4. The Morgan fingerprint density at radius 3 is 2.55 bits per heavy atom. The van der Waals surface area contributed by atoms with Gasteiger partial charge in [0.05, 0.1) is 20.7 Å². The van der Waals surface area contributed by atoms with E-state index in [1.54, 1.807) is 0 Å². The van der Waals surface area contributed by atoms with E-state index in [1.807, 2.05) is 0 Å². The number of benzene rings is 1. The Morgan fingerprint density at radius 1 is 1.45 bits per heavy atom. The van der Waals surface area contributed by atoms with Gasteiger partial charge in [0, 0.05) is 31.3 Å². The molecule has 1 saturated heterocycles. The molecule has 1 aliphatic rings. The van der Waals surface area contributed by atoms with E-state index in [0.717, 1.165) is 26.1 Å². The Hall–Kier alpha value is -1.04. The SMILES string of the molecule is CCN(C)C1CCN(c2c(Cl)cc([N+](=O)[O-])cc2Cl)C1. The summed E-state index contributed by atoms with van der Waals surface area (Å²) in [5.74, 6) is 0. The molecule has 0 spiro atoms. The fourth-order valence-electron chi connectivity index (χ4n) is 2.52. The van der Waals surface area contributed by atoms with Crippen LogP contribution < -0.4 is 4.90 Å². The summed E-state index contributed by atoms with van der Waals surface area (Å²) in [5.41, 5.74) is 0.621. The molecule has 7 heteroatoms. The van der Waals surface area contributed by atoms with E-state index in [9.17, 15) is 10.1 Å². The summed E-state index contributed by atoms with van der Waals surface area (Å²) in [6, 6.07) is 3.18. The molecule has 1 aromatic carbocycles. The highest BCUT2D eigenvalue weighted by molar-refractivity contribution is 6.39. The van der Waals surface area contributed by atoms with E-state index < -0.39 is 4.92 Å². The molecule has 1 aromatic rings. The molecule has 1 atom stereocenters. The minimum Gasteiger partial charge on any atom is -0.367 e. The third-order valence-electron chi connectivity index (χ3n) is 3.81. The molecule has 0 bridgehead atoms. The number of rotatable bonds is 4. The van der Waals surface area contributed by atoms with Crippen molar-refractivity contribution in [1.29, 1.82) is 0 Å². The Morgan fingerprint density at radius 2 is 2.05 bits per heavy atom. The lowest BCUT2D eigenvalue weighted by atomic mass is 10.2. The van der Waals surface area contributed by atoms with Gasteiger partial charge in [-0.25, -0.2) is 0 Å². The number of hydrogen-bond acceptors (Lipinski definition) is 4. The van der Waals surface area contributed by atoms with Gasteiger partial charge in [-0.3, -0.25) is 10.1 Å². The normalized spacial score (nSPS) is 18.9. The van der Waals surface area contributed by atoms with Crippen molar-refractivity contribution in [2.75, 3.05) is 31.6 Å². The highest BCUT2D eigenvalue weighted by Crippen LogP contribution is 2.39. The topological polar surface area (TPSA) is 49.6 Å². The Balaban J connectivity index is 2.24. The first-order valence-electron chi connectivity index (χ1n) is 6.52. The van der Waals surface area contributed by atoms with Gasteiger partial charge in [0.15, 0.2) is 0 Å². The van der Waals surface area contributed by atoms with E-state index >= 15 is 0 Å². The second-order valence-corrected chi connectivity index (χ2v) is 5.79. The van der Waals surface area contributed by atoms with Gasteiger partial charge in [-0.15, -0.1) is 0 Å². The van der Waals surface area contributed by atoms with E-state index in [4.69, 9.17) is 23.2 Å². The van der Waals surface area contributed by atoms with Crippen molar-refractivity contribution in [1.82, 2.24) is 4.90 Å². The van der Waals surface area contributed by atoms with Gasteiger partial charge >= 0.3 is 0 Å². The lowest BCUT2D eigenvalue weighted by Gasteiger charge is -2.25. The molecular formula is C13H17Cl2N3O2. The molecule has 0 aromatic heterocycles. The minimum atomic E-state index is -0.487. The van der Waals surface area contributed by atoms with Crippen molar-refractivity contribution in [3.63, 3.8) is 0 Å². The molecule has 0 amide bonds.